The fraction of sp³-hybridized carbons (Fsp3) is 0.609. The molecular weight excluding hydrogens is 615 g/mol. The molecule has 268 valence electrons. The number of allylic oxidation sites excluding steroid dienone is 2. The molecule has 4 fully saturated rings. The summed E-state index contributed by atoms with van der Waals surface area (Å²) in [5, 5.41) is 3.46. The van der Waals surface area contributed by atoms with Gasteiger partial charge in [-0.25, -0.2) is 0 Å². The van der Waals surface area contributed by atoms with Crippen LogP contribution in [0, 0.1) is 50.2 Å². The number of hydrogen-bond donors (Lipinski definition) is 1. The van der Waals surface area contributed by atoms with Gasteiger partial charge in [-0.3, -0.25) is 9.59 Å². The molecule has 50 heavy (non-hydrogen) atoms. The summed E-state index contributed by atoms with van der Waals surface area (Å²) < 4.78 is 6.22. The highest BCUT2D eigenvalue weighted by molar-refractivity contribution is 5.92. The fourth-order valence-corrected chi connectivity index (χ4v) is 12.7. The molecule has 0 heterocycles. The van der Waals surface area contributed by atoms with Gasteiger partial charge < -0.3 is 10.1 Å². The number of benzene rings is 2. The van der Waals surface area contributed by atoms with E-state index < -0.39 is 5.41 Å². The molecule has 1 N–H and O–H groups in total. The van der Waals surface area contributed by atoms with Gasteiger partial charge in [0.05, 0.1) is 5.41 Å². The van der Waals surface area contributed by atoms with Gasteiger partial charge in [0, 0.05) is 12.1 Å². The van der Waals surface area contributed by atoms with Gasteiger partial charge in [0.25, 0.3) is 0 Å². The lowest BCUT2D eigenvalue weighted by atomic mass is 9.33. The Labute approximate surface area is 301 Å². The van der Waals surface area contributed by atoms with Gasteiger partial charge in [0.2, 0.25) is 5.91 Å². The number of rotatable bonds is 6. The van der Waals surface area contributed by atoms with E-state index in [0.29, 0.717) is 18.4 Å². The minimum absolute atomic E-state index is 0.00685. The molecule has 3 unspecified atom stereocenters. The molecule has 7 rings (SSSR count). The van der Waals surface area contributed by atoms with Gasteiger partial charge in [-0.05, 0) is 126 Å². The lowest BCUT2D eigenvalue weighted by Gasteiger charge is -2.71. The fourth-order valence-electron chi connectivity index (χ4n) is 12.7. The van der Waals surface area contributed by atoms with E-state index in [4.69, 9.17) is 4.74 Å². The van der Waals surface area contributed by atoms with Crippen LogP contribution in [-0.4, -0.2) is 17.9 Å². The zero-order valence-electron chi connectivity index (χ0n) is 31.8. The predicted molar refractivity (Wildman–Crippen MR) is 203 cm³/mol. The van der Waals surface area contributed by atoms with E-state index in [1.807, 2.05) is 54.6 Å². The Balaban J connectivity index is 1.14. The molecule has 0 radical (unpaired) electrons. The summed E-state index contributed by atoms with van der Waals surface area (Å²) in [5.74, 6) is 1.40. The SMILES string of the molecule is CC1(C)CC[C@]2(C(=O)OCc3ccccc3)CC[C@]3(C)C(=CCC4[C@@]5(C)CC[C@@H](NC(=O)/C=C/c6ccccc6)C(C)(C)C5CC[C@]43C)C2C1. The number of nitrogens with one attached hydrogen (secondary N) is 1. The van der Waals surface area contributed by atoms with Crippen molar-refractivity contribution >= 4 is 18.0 Å². The largest absolute Gasteiger partial charge is 0.460 e. The van der Waals surface area contributed by atoms with E-state index in [9.17, 15) is 9.59 Å². The van der Waals surface area contributed by atoms with Crippen LogP contribution in [0.4, 0.5) is 0 Å². The number of hydrogen-bond acceptors (Lipinski definition) is 3. The van der Waals surface area contributed by atoms with Crippen molar-refractivity contribution in [3.8, 4) is 0 Å². The molecule has 5 aliphatic rings. The molecule has 2 aromatic carbocycles. The van der Waals surface area contributed by atoms with Crippen LogP contribution in [0.1, 0.15) is 124 Å². The second-order valence-corrected chi connectivity index (χ2v) is 19.1. The van der Waals surface area contributed by atoms with Gasteiger partial charge in [-0.2, -0.15) is 0 Å². The number of carbonyl (C=O) groups excluding carboxylic acids is 2. The topological polar surface area (TPSA) is 55.4 Å². The van der Waals surface area contributed by atoms with Gasteiger partial charge in [0.15, 0.2) is 0 Å². The van der Waals surface area contributed by atoms with Crippen LogP contribution in [0.2, 0.25) is 0 Å². The Kier molecular flexibility index (Phi) is 8.83. The lowest BCUT2D eigenvalue weighted by Crippen LogP contribution is -2.66. The summed E-state index contributed by atoms with van der Waals surface area (Å²) in [7, 11) is 0. The van der Waals surface area contributed by atoms with Crippen LogP contribution in [-0.2, 0) is 20.9 Å². The molecule has 5 aliphatic carbocycles. The number of fused-ring (bicyclic) bond motifs is 7. The molecule has 0 aliphatic heterocycles. The highest BCUT2D eigenvalue weighted by Gasteiger charge is 2.69. The number of ether oxygens (including phenoxy) is 1. The molecule has 0 aromatic heterocycles. The van der Waals surface area contributed by atoms with Crippen molar-refractivity contribution in [1.82, 2.24) is 5.32 Å². The third kappa shape index (κ3) is 5.63. The maximum absolute atomic E-state index is 14.3. The summed E-state index contributed by atoms with van der Waals surface area (Å²) in [4.78, 5) is 27.5. The quantitative estimate of drug-likeness (QED) is 0.188. The van der Waals surface area contributed by atoms with E-state index >= 15 is 0 Å². The summed E-state index contributed by atoms with van der Waals surface area (Å²) in [6, 6.07) is 20.4. The number of carbonyl (C=O) groups is 2. The van der Waals surface area contributed by atoms with E-state index in [2.05, 4.69) is 72.0 Å². The summed E-state index contributed by atoms with van der Waals surface area (Å²) in [6.07, 6.45) is 16.9. The molecule has 2 aromatic rings. The first kappa shape index (κ1) is 35.3. The maximum atomic E-state index is 14.3. The smallest absolute Gasteiger partial charge is 0.313 e. The molecule has 8 atom stereocenters. The van der Waals surface area contributed by atoms with Gasteiger partial charge >= 0.3 is 5.97 Å². The average Bonchev–Trinajstić information content (AvgIpc) is 3.08. The Hall–Kier alpha value is -3.14. The second-order valence-electron chi connectivity index (χ2n) is 19.1. The Morgan fingerprint density at radius 1 is 0.800 bits per heavy atom. The molecule has 4 heteroatoms. The summed E-state index contributed by atoms with van der Waals surface area (Å²) in [6.45, 7) is 17.9. The van der Waals surface area contributed by atoms with Crippen molar-refractivity contribution in [2.75, 3.05) is 0 Å². The Morgan fingerprint density at radius 2 is 1.48 bits per heavy atom. The first-order chi connectivity index (χ1) is 23.6. The molecule has 4 saturated carbocycles. The zero-order chi connectivity index (χ0) is 35.6. The molecule has 0 spiro atoms. The minimum Gasteiger partial charge on any atom is -0.460 e. The number of esters is 1. The molecule has 1 amide bonds. The standard InChI is InChI=1S/C46H61NO3/c1-41(2)26-28-46(40(49)50-31-33-16-12-9-13-17-33)29-27-44(6)34(35(46)30-41)19-20-37-43(5)24-23-38(42(3,4)36(43)22-25-45(37,44)7)47-39(48)21-18-32-14-10-8-11-15-32/h8-19,21,35-38H,20,22-31H2,1-7H3,(H,47,48)/b21-18+/t35?,36?,37?,38-,43+,44-,45-,46+/m1/s1. The van der Waals surface area contributed by atoms with Crippen molar-refractivity contribution in [2.45, 2.75) is 125 Å². The first-order valence-corrected chi connectivity index (χ1v) is 19.6. The second kappa shape index (κ2) is 12.5. The normalized spacial score (nSPS) is 38.4. The van der Waals surface area contributed by atoms with Crippen LogP contribution in [0.15, 0.2) is 78.4 Å². The Morgan fingerprint density at radius 3 is 2.20 bits per heavy atom. The average molecular weight is 676 g/mol. The monoisotopic (exact) mass is 675 g/mol. The van der Waals surface area contributed by atoms with Crippen molar-refractivity contribution in [2.24, 2.45) is 50.2 Å². The summed E-state index contributed by atoms with van der Waals surface area (Å²) >= 11 is 0. The Bertz CT molecular complexity index is 1660. The predicted octanol–water partition coefficient (Wildman–Crippen LogP) is 10.7. The van der Waals surface area contributed by atoms with Crippen molar-refractivity contribution in [3.05, 3.63) is 89.5 Å². The molecule has 0 bridgehead atoms. The van der Waals surface area contributed by atoms with Crippen molar-refractivity contribution in [1.29, 1.82) is 0 Å². The molecule has 0 saturated heterocycles. The zero-order valence-corrected chi connectivity index (χ0v) is 31.8. The maximum Gasteiger partial charge on any atom is 0.313 e. The van der Waals surface area contributed by atoms with Crippen LogP contribution in [0.5, 0.6) is 0 Å². The minimum atomic E-state index is -0.423. The van der Waals surface area contributed by atoms with Crippen LogP contribution in [0.25, 0.3) is 6.08 Å². The van der Waals surface area contributed by atoms with E-state index in [0.717, 1.165) is 62.5 Å². The van der Waals surface area contributed by atoms with Gasteiger partial charge in [-0.15, -0.1) is 0 Å². The lowest BCUT2D eigenvalue weighted by molar-refractivity contribution is -0.194. The van der Waals surface area contributed by atoms with Crippen LogP contribution in [0.3, 0.4) is 0 Å². The third-order valence-electron chi connectivity index (χ3n) is 15.8. The van der Waals surface area contributed by atoms with E-state index in [1.165, 1.54) is 12.8 Å². The van der Waals surface area contributed by atoms with Gasteiger partial charge in [0.1, 0.15) is 6.61 Å². The third-order valence-corrected chi connectivity index (χ3v) is 15.8. The van der Waals surface area contributed by atoms with Crippen LogP contribution < -0.4 is 5.32 Å². The van der Waals surface area contributed by atoms with E-state index in [-0.39, 0.29) is 50.9 Å². The van der Waals surface area contributed by atoms with Crippen LogP contribution >= 0.6 is 0 Å². The van der Waals surface area contributed by atoms with Crippen molar-refractivity contribution in [3.63, 3.8) is 0 Å². The first-order valence-electron chi connectivity index (χ1n) is 19.6. The number of amides is 1. The van der Waals surface area contributed by atoms with E-state index in [1.54, 1.807) is 11.6 Å². The summed E-state index contributed by atoms with van der Waals surface area (Å²) in [5.41, 5.74) is 3.87. The highest BCUT2D eigenvalue weighted by Crippen LogP contribution is 2.75. The van der Waals surface area contributed by atoms with Crippen molar-refractivity contribution < 1.29 is 14.3 Å². The van der Waals surface area contributed by atoms with Gasteiger partial charge in [-0.1, -0.05) is 121 Å². The molecule has 4 nitrogen and oxygen atoms in total. The highest BCUT2D eigenvalue weighted by atomic mass is 16.5. The molecular formula is C46H61NO3.